The number of likely N-dealkylation sites (N-methyl/N-ethyl adjacent to an activating group) is 2. The Morgan fingerprint density at radius 3 is 2.06 bits per heavy atom. The maximum Gasteiger partial charge on any atom is 0.142 e. The molecule has 3 nitrogen and oxygen atoms in total. The Kier molecular flexibility index (Phi) is 4.70. The maximum absolute atomic E-state index is 5.44. The minimum absolute atomic E-state index is 0.289. The Hall–Kier alpha value is 0.590. The lowest BCUT2D eigenvalue weighted by molar-refractivity contribution is 0.233. The van der Waals surface area contributed by atoms with Crippen LogP contribution in [0.2, 0.25) is 0 Å². The van der Waals surface area contributed by atoms with Gasteiger partial charge in [-0.05, 0) is 38.3 Å². The Balaban J connectivity index is 2.05. The molecular weight excluding hydrogens is 269 g/mol. The van der Waals surface area contributed by atoms with Gasteiger partial charge in [-0.2, -0.15) is 0 Å². The van der Waals surface area contributed by atoms with E-state index in [1.165, 1.54) is 25.7 Å². The lowest BCUT2D eigenvalue weighted by atomic mass is 9.91. The summed E-state index contributed by atoms with van der Waals surface area (Å²) in [5, 5.41) is 0. The summed E-state index contributed by atoms with van der Waals surface area (Å²) in [5.41, 5.74) is 0. The van der Waals surface area contributed by atoms with Crippen LogP contribution in [0.5, 0.6) is 0 Å². The van der Waals surface area contributed by atoms with Crippen molar-refractivity contribution in [2.24, 2.45) is 0 Å². The van der Waals surface area contributed by atoms with Crippen molar-refractivity contribution >= 4 is 35.3 Å². The minimum atomic E-state index is -0.289. The van der Waals surface area contributed by atoms with Gasteiger partial charge in [0.1, 0.15) is 11.7 Å². The first kappa shape index (κ1) is 14.0. The second kappa shape index (κ2) is 5.70. The van der Waals surface area contributed by atoms with E-state index < -0.39 is 0 Å². The van der Waals surface area contributed by atoms with Crippen LogP contribution < -0.4 is 0 Å². The normalized spacial score (nSPS) is 31.5. The average molecular weight is 291 g/mol. The Bertz CT molecular complexity index is 282. The molecule has 0 aromatic heterocycles. The zero-order chi connectivity index (χ0) is 12.6. The number of rotatable bonds is 1. The molecule has 2 aliphatic rings. The molecule has 1 aliphatic carbocycles. The molecule has 0 N–H and O–H groups in total. The lowest BCUT2D eigenvalue weighted by Crippen LogP contribution is -2.37. The van der Waals surface area contributed by atoms with Crippen molar-refractivity contribution in [3.05, 3.63) is 0 Å². The summed E-state index contributed by atoms with van der Waals surface area (Å²) in [6.07, 6.45) is 5.51. The molecule has 2 atom stereocenters. The Morgan fingerprint density at radius 1 is 1.18 bits per heavy atom. The van der Waals surface area contributed by atoms with Gasteiger partial charge in [0.25, 0.3) is 0 Å². The highest BCUT2D eigenvalue weighted by Crippen LogP contribution is 2.63. The molecule has 98 valence electrons. The third-order valence-electron chi connectivity index (χ3n) is 3.72. The van der Waals surface area contributed by atoms with Crippen molar-refractivity contribution in [3.8, 4) is 0 Å². The van der Waals surface area contributed by atoms with E-state index in [4.69, 9.17) is 12.2 Å². The van der Waals surface area contributed by atoms with Crippen molar-refractivity contribution in [3.63, 3.8) is 0 Å². The summed E-state index contributed by atoms with van der Waals surface area (Å²) in [4.78, 5) is 2.05. The minimum Gasteiger partial charge on any atom is -0.363 e. The van der Waals surface area contributed by atoms with Gasteiger partial charge in [-0.15, -0.1) is 0 Å². The molecule has 1 aliphatic heterocycles. The second-order valence-electron chi connectivity index (χ2n) is 5.07. The highest BCUT2D eigenvalue weighted by molar-refractivity contribution is 8.64. The molecule has 1 saturated heterocycles. The summed E-state index contributed by atoms with van der Waals surface area (Å²) in [7, 11) is 8.34. The van der Waals surface area contributed by atoms with E-state index in [1.807, 2.05) is 30.4 Å². The van der Waals surface area contributed by atoms with Crippen LogP contribution in [0.3, 0.4) is 0 Å². The van der Waals surface area contributed by atoms with Gasteiger partial charge in [0.2, 0.25) is 0 Å². The van der Waals surface area contributed by atoms with E-state index in [9.17, 15) is 0 Å². The van der Waals surface area contributed by atoms with Crippen molar-refractivity contribution in [1.29, 1.82) is 0 Å². The van der Waals surface area contributed by atoms with Gasteiger partial charge in [0.05, 0.1) is 0 Å². The predicted octanol–water partition coefficient (Wildman–Crippen LogP) is 2.98. The quantitative estimate of drug-likeness (QED) is 0.541. The molecule has 0 radical (unpaired) electrons. The highest BCUT2D eigenvalue weighted by Gasteiger charge is 2.45. The molecule has 17 heavy (non-hydrogen) atoms. The van der Waals surface area contributed by atoms with Gasteiger partial charge in [0.15, 0.2) is 0 Å². The highest BCUT2D eigenvalue weighted by atomic mass is 32.7. The monoisotopic (exact) mass is 291 g/mol. The fourth-order valence-electron chi connectivity index (χ4n) is 2.72. The van der Waals surface area contributed by atoms with Crippen molar-refractivity contribution in [1.82, 2.24) is 14.2 Å². The van der Waals surface area contributed by atoms with Gasteiger partial charge >= 0.3 is 0 Å². The first-order valence-electron chi connectivity index (χ1n) is 6.17. The van der Waals surface area contributed by atoms with Crippen LogP contribution in [-0.2, 0) is 0 Å². The largest absolute Gasteiger partial charge is 0.363 e. The van der Waals surface area contributed by atoms with Crippen LogP contribution in [0.25, 0.3) is 0 Å². The second-order valence-corrected chi connectivity index (χ2v) is 9.58. The molecule has 6 heteroatoms. The smallest absolute Gasteiger partial charge is 0.142 e. The van der Waals surface area contributed by atoms with Crippen molar-refractivity contribution in [2.75, 3.05) is 28.2 Å². The fraction of sp³-hybridized carbons (Fsp3) is 0.909. The number of fused-ring (bicyclic) bond motifs is 1. The number of hydrogen-bond acceptors (Lipinski definition) is 4. The molecule has 0 bridgehead atoms. The first-order valence-corrected chi connectivity index (χ1v) is 9.25. The van der Waals surface area contributed by atoms with Crippen molar-refractivity contribution < 1.29 is 0 Å². The number of hydrogen-bond donors (Lipinski definition) is 0. The van der Waals surface area contributed by atoms with Gasteiger partial charge in [-0.1, -0.05) is 25.1 Å². The van der Waals surface area contributed by atoms with Crippen LogP contribution in [0, 0.1) is 0 Å². The maximum atomic E-state index is 5.44. The number of thiocarbonyl (C=S) groups is 1. The molecule has 0 amide bonds. The van der Waals surface area contributed by atoms with E-state index in [2.05, 4.69) is 23.4 Å². The standard InChI is InChI=1S/C11H22N3PS2/c1-12(2)11(16)17-15-13(3)9-7-5-6-8-10(9)14(15)4/h9-10H,5-8H2,1-4H3/t9-,10-/m1/s1. The van der Waals surface area contributed by atoms with Gasteiger partial charge in [0, 0.05) is 26.2 Å². The third-order valence-corrected chi connectivity index (χ3v) is 9.62. The molecule has 0 aromatic rings. The third kappa shape index (κ3) is 2.79. The molecule has 2 rings (SSSR count). The molecule has 0 spiro atoms. The van der Waals surface area contributed by atoms with Crippen LogP contribution >= 0.6 is 31.0 Å². The molecular formula is C11H22N3PS2. The molecule has 1 saturated carbocycles. The summed E-state index contributed by atoms with van der Waals surface area (Å²) < 4.78 is 6.17. The van der Waals surface area contributed by atoms with Crippen LogP contribution in [0.4, 0.5) is 0 Å². The predicted molar refractivity (Wildman–Crippen MR) is 82.4 cm³/mol. The molecule has 1 heterocycles. The molecule has 2 fully saturated rings. The van der Waals surface area contributed by atoms with E-state index in [1.54, 1.807) is 0 Å². The van der Waals surface area contributed by atoms with Crippen LogP contribution in [-0.4, -0.2) is 58.8 Å². The van der Waals surface area contributed by atoms with Gasteiger partial charge in [-0.3, -0.25) is 9.34 Å². The summed E-state index contributed by atoms with van der Waals surface area (Å²) in [6.45, 7) is 0. The van der Waals surface area contributed by atoms with E-state index >= 15 is 0 Å². The Labute approximate surface area is 115 Å². The van der Waals surface area contributed by atoms with Crippen LogP contribution in [0.15, 0.2) is 0 Å². The topological polar surface area (TPSA) is 9.72 Å². The first-order chi connectivity index (χ1) is 8.02. The van der Waals surface area contributed by atoms with Gasteiger partial charge in [-0.25, -0.2) is 0 Å². The summed E-state index contributed by atoms with van der Waals surface area (Å²) in [6, 6.07) is 1.52. The van der Waals surface area contributed by atoms with Crippen LogP contribution in [0.1, 0.15) is 25.7 Å². The molecule has 0 unspecified atom stereocenters. The van der Waals surface area contributed by atoms with E-state index in [-0.39, 0.29) is 7.42 Å². The fourth-order valence-corrected chi connectivity index (χ4v) is 7.78. The van der Waals surface area contributed by atoms with E-state index in [0.717, 1.165) is 16.4 Å². The molecule has 0 aromatic carbocycles. The summed E-state index contributed by atoms with van der Waals surface area (Å²) in [5.74, 6) is 0. The van der Waals surface area contributed by atoms with Crippen molar-refractivity contribution in [2.45, 2.75) is 37.8 Å². The Morgan fingerprint density at radius 2 is 1.65 bits per heavy atom. The van der Waals surface area contributed by atoms with E-state index in [0.29, 0.717) is 0 Å². The SMILES string of the molecule is CN(C)C(=S)SP1N(C)[C@@H]2CCCC[C@H]2N1C. The summed E-state index contributed by atoms with van der Waals surface area (Å²) >= 11 is 7.31. The number of nitrogens with zero attached hydrogens (tertiary/aromatic N) is 3. The average Bonchev–Trinajstić information content (AvgIpc) is 2.55. The zero-order valence-corrected chi connectivity index (χ0v) is 13.6. The lowest BCUT2D eigenvalue weighted by Gasteiger charge is -2.29. The van der Waals surface area contributed by atoms with Gasteiger partial charge < -0.3 is 4.90 Å². The zero-order valence-electron chi connectivity index (χ0n) is 11.1.